The third-order valence-corrected chi connectivity index (χ3v) is 3.22. The van der Waals surface area contributed by atoms with Crippen LogP contribution in [0.3, 0.4) is 0 Å². The van der Waals surface area contributed by atoms with E-state index >= 15 is 0 Å². The lowest BCUT2D eigenvalue weighted by atomic mass is 10.1. The Morgan fingerprint density at radius 3 is 1.94 bits per heavy atom. The summed E-state index contributed by atoms with van der Waals surface area (Å²) in [5.74, 6) is 0.443. The van der Waals surface area contributed by atoms with E-state index in [-0.39, 0.29) is 5.92 Å². The molecule has 102 valence electrons. The molecule has 2 nitrogen and oxygen atoms in total. The highest BCUT2D eigenvalue weighted by atomic mass is 16.2. The van der Waals surface area contributed by atoms with Crippen LogP contribution in [-0.4, -0.2) is 23.9 Å². The summed E-state index contributed by atoms with van der Waals surface area (Å²) in [6.45, 7) is 10.1. The van der Waals surface area contributed by atoms with Crippen molar-refractivity contribution in [3.8, 4) is 0 Å². The second kappa shape index (κ2) is 10.6. The first-order chi connectivity index (χ1) is 8.13. The average molecular weight is 241 g/mol. The largest absolute Gasteiger partial charge is 0.343 e. The van der Waals surface area contributed by atoms with Crippen LogP contribution in [-0.2, 0) is 4.79 Å². The maximum absolute atomic E-state index is 11.8. The quantitative estimate of drug-likeness (QED) is 0.524. The van der Waals surface area contributed by atoms with Crippen molar-refractivity contribution in [1.82, 2.24) is 4.90 Å². The Morgan fingerprint density at radius 1 is 0.941 bits per heavy atom. The Balaban J connectivity index is 3.54. The number of amides is 1. The van der Waals surface area contributed by atoms with Crippen molar-refractivity contribution in [2.24, 2.45) is 5.92 Å². The van der Waals surface area contributed by atoms with Crippen molar-refractivity contribution < 1.29 is 4.79 Å². The summed E-state index contributed by atoms with van der Waals surface area (Å²) in [5, 5.41) is 0. The van der Waals surface area contributed by atoms with Crippen molar-refractivity contribution in [3.63, 3.8) is 0 Å². The molecule has 0 heterocycles. The van der Waals surface area contributed by atoms with Gasteiger partial charge in [-0.05, 0) is 13.3 Å². The van der Waals surface area contributed by atoms with Gasteiger partial charge in [-0.2, -0.15) is 0 Å². The molecule has 0 aliphatic carbocycles. The molecule has 0 aromatic heterocycles. The van der Waals surface area contributed by atoms with Gasteiger partial charge in [0.1, 0.15) is 0 Å². The van der Waals surface area contributed by atoms with Gasteiger partial charge < -0.3 is 4.90 Å². The summed E-state index contributed by atoms with van der Waals surface area (Å²) in [4.78, 5) is 13.8. The van der Waals surface area contributed by atoms with Crippen LogP contribution < -0.4 is 0 Å². The second-order valence-electron chi connectivity index (χ2n) is 5.19. The predicted molar refractivity (Wildman–Crippen MR) is 75.1 cm³/mol. The Labute approximate surface area is 108 Å². The summed E-state index contributed by atoms with van der Waals surface area (Å²) >= 11 is 0. The predicted octanol–water partition coefficient (Wildman–Crippen LogP) is 4.24. The minimum Gasteiger partial charge on any atom is -0.343 e. The van der Waals surface area contributed by atoms with Gasteiger partial charge in [-0.15, -0.1) is 0 Å². The van der Waals surface area contributed by atoms with Crippen LogP contribution in [0.1, 0.15) is 72.6 Å². The van der Waals surface area contributed by atoms with Crippen molar-refractivity contribution >= 4 is 5.91 Å². The van der Waals surface area contributed by atoms with Crippen LogP contribution in [0, 0.1) is 5.92 Å². The van der Waals surface area contributed by atoms with E-state index in [1.54, 1.807) is 0 Å². The van der Waals surface area contributed by atoms with Gasteiger partial charge in [0.15, 0.2) is 0 Å². The van der Waals surface area contributed by atoms with Crippen molar-refractivity contribution in [1.29, 1.82) is 0 Å². The fraction of sp³-hybridized carbons (Fsp3) is 0.933. The topological polar surface area (TPSA) is 20.3 Å². The molecule has 0 aliphatic rings. The molecule has 0 aromatic carbocycles. The van der Waals surface area contributed by atoms with Crippen LogP contribution in [0.5, 0.6) is 0 Å². The van der Waals surface area contributed by atoms with E-state index in [1.807, 2.05) is 18.7 Å². The molecule has 0 fully saturated rings. The minimum absolute atomic E-state index is 0.138. The molecule has 0 spiro atoms. The lowest BCUT2D eigenvalue weighted by molar-refractivity contribution is -0.134. The molecule has 1 amide bonds. The SMILES string of the molecule is CCCCCCCCCN(CC)C(=O)C(C)C. The smallest absolute Gasteiger partial charge is 0.225 e. The molecular weight excluding hydrogens is 210 g/mol. The monoisotopic (exact) mass is 241 g/mol. The summed E-state index contributed by atoms with van der Waals surface area (Å²) in [7, 11) is 0. The summed E-state index contributed by atoms with van der Waals surface area (Å²) in [6.07, 6.45) is 9.17. The lowest BCUT2D eigenvalue weighted by Gasteiger charge is -2.22. The Kier molecular flexibility index (Phi) is 10.3. The first-order valence-electron chi connectivity index (χ1n) is 7.42. The maximum atomic E-state index is 11.8. The molecule has 17 heavy (non-hydrogen) atoms. The first kappa shape index (κ1) is 16.5. The minimum atomic E-state index is 0.138. The van der Waals surface area contributed by atoms with E-state index in [1.165, 1.54) is 44.9 Å². The van der Waals surface area contributed by atoms with Crippen molar-refractivity contribution in [2.45, 2.75) is 72.6 Å². The molecule has 0 aromatic rings. The van der Waals surface area contributed by atoms with Gasteiger partial charge in [-0.25, -0.2) is 0 Å². The van der Waals surface area contributed by atoms with Crippen molar-refractivity contribution in [2.75, 3.05) is 13.1 Å². The van der Waals surface area contributed by atoms with Crippen LogP contribution in [0.15, 0.2) is 0 Å². The summed E-state index contributed by atoms with van der Waals surface area (Å²) in [6, 6.07) is 0. The fourth-order valence-electron chi connectivity index (χ4n) is 2.05. The number of carbonyl (C=O) groups is 1. The third-order valence-electron chi connectivity index (χ3n) is 3.22. The Bertz CT molecular complexity index is 189. The summed E-state index contributed by atoms with van der Waals surface area (Å²) in [5.41, 5.74) is 0. The average Bonchev–Trinajstić information content (AvgIpc) is 2.32. The number of rotatable bonds is 10. The molecule has 0 rings (SSSR count). The molecule has 0 bridgehead atoms. The van der Waals surface area contributed by atoms with Gasteiger partial charge in [0.25, 0.3) is 0 Å². The second-order valence-corrected chi connectivity index (χ2v) is 5.19. The molecule has 0 N–H and O–H groups in total. The number of unbranched alkanes of at least 4 members (excludes halogenated alkanes) is 6. The molecule has 2 heteroatoms. The van der Waals surface area contributed by atoms with E-state index in [0.717, 1.165) is 13.1 Å². The first-order valence-corrected chi connectivity index (χ1v) is 7.42. The molecule has 0 saturated carbocycles. The van der Waals surface area contributed by atoms with E-state index in [9.17, 15) is 4.79 Å². The molecule has 0 atom stereocenters. The van der Waals surface area contributed by atoms with E-state index in [2.05, 4.69) is 13.8 Å². The van der Waals surface area contributed by atoms with Gasteiger partial charge in [0, 0.05) is 19.0 Å². The Morgan fingerprint density at radius 2 is 1.47 bits per heavy atom. The Hall–Kier alpha value is -0.530. The number of carbonyl (C=O) groups excluding carboxylic acids is 1. The van der Waals surface area contributed by atoms with Crippen molar-refractivity contribution in [3.05, 3.63) is 0 Å². The van der Waals surface area contributed by atoms with E-state index < -0.39 is 0 Å². The van der Waals surface area contributed by atoms with Gasteiger partial charge >= 0.3 is 0 Å². The van der Waals surface area contributed by atoms with E-state index in [4.69, 9.17) is 0 Å². The van der Waals surface area contributed by atoms with Gasteiger partial charge in [-0.3, -0.25) is 4.79 Å². The molecule has 0 saturated heterocycles. The standard InChI is InChI=1S/C15H31NO/c1-5-7-8-9-10-11-12-13-16(6-2)15(17)14(3)4/h14H,5-13H2,1-4H3. The highest BCUT2D eigenvalue weighted by Crippen LogP contribution is 2.09. The third kappa shape index (κ3) is 8.23. The zero-order chi connectivity index (χ0) is 13.1. The zero-order valence-corrected chi connectivity index (χ0v) is 12.3. The molecule has 0 unspecified atom stereocenters. The number of nitrogens with zero attached hydrogens (tertiary/aromatic N) is 1. The fourth-order valence-corrected chi connectivity index (χ4v) is 2.05. The van der Waals surface area contributed by atoms with Gasteiger partial charge in [-0.1, -0.05) is 59.3 Å². The van der Waals surface area contributed by atoms with Crippen LogP contribution >= 0.6 is 0 Å². The molecule has 0 aliphatic heterocycles. The highest BCUT2D eigenvalue weighted by molar-refractivity contribution is 5.78. The summed E-state index contributed by atoms with van der Waals surface area (Å²) < 4.78 is 0. The van der Waals surface area contributed by atoms with Crippen LogP contribution in [0.4, 0.5) is 0 Å². The zero-order valence-electron chi connectivity index (χ0n) is 12.3. The van der Waals surface area contributed by atoms with Gasteiger partial charge in [0.2, 0.25) is 5.91 Å². The molecular formula is C15H31NO. The van der Waals surface area contributed by atoms with Crippen LogP contribution in [0.25, 0.3) is 0 Å². The lowest BCUT2D eigenvalue weighted by Crippen LogP contribution is -2.34. The maximum Gasteiger partial charge on any atom is 0.225 e. The number of hydrogen-bond donors (Lipinski definition) is 0. The molecule has 0 radical (unpaired) electrons. The highest BCUT2D eigenvalue weighted by Gasteiger charge is 2.14. The van der Waals surface area contributed by atoms with Gasteiger partial charge in [0.05, 0.1) is 0 Å². The van der Waals surface area contributed by atoms with E-state index in [0.29, 0.717) is 5.91 Å². The normalized spacial score (nSPS) is 10.9. The number of hydrogen-bond acceptors (Lipinski definition) is 1. The van der Waals surface area contributed by atoms with Crippen LogP contribution in [0.2, 0.25) is 0 Å².